The van der Waals surface area contributed by atoms with E-state index in [2.05, 4.69) is 6.58 Å². The summed E-state index contributed by atoms with van der Waals surface area (Å²) in [5.74, 6) is 1.29. The van der Waals surface area contributed by atoms with Crippen molar-refractivity contribution >= 4 is 17.7 Å². The third kappa shape index (κ3) is 7.66. The summed E-state index contributed by atoms with van der Waals surface area (Å²) in [5.41, 5.74) is 1.16. The van der Waals surface area contributed by atoms with Crippen LogP contribution in [0.25, 0.3) is 0 Å². The minimum absolute atomic E-state index is 0.121. The Kier molecular flexibility index (Phi) is 6.96. The molecule has 0 aromatic rings. The smallest absolute Gasteiger partial charge is 0.315 e. The third-order valence-electron chi connectivity index (χ3n) is 1.20. The molecule has 0 N–H and O–H groups in total. The fourth-order valence-corrected chi connectivity index (χ4v) is 1.49. The summed E-state index contributed by atoms with van der Waals surface area (Å²) in [6.45, 7) is 8.06. The van der Waals surface area contributed by atoms with Crippen LogP contribution in [-0.2, 0) is 9.53 Å². The fourth-order valence-electron chi connectivity index (χ4n) is 0.605. The van der Waals surface area contributed by atoms with Crippen molar-refractivity contribution in [1.29, 1.82) is 0 Å². The van der Waals surface area contributed by atoms with Crippen molar-refractivity contribution < 1.29 is 9.53 Å². The molecule has 12 heavy (non-hydrogen) atoms. The molecule has 0 aliphatic rings. The molecule has 0 spiro atoms. The molecule has 0 heterocycles. The van der Waals surface area contributed by atoms with E-state index in [1.807, 2.05) is 13.8 Å². The van der Waals surface area contributed by atoms with Gasteiger partial charge in [0.1, 0.15) is 0 Å². The highest BCUT2D eigenvalue weighted by molar-refractivity contribution is 7.99. The minimum Gasteiger partial charge on any atom is -0.465 e. The zero-order valence-electron chi connectivity index (χ0n) is 7.76. The molecule has 0 unspecified atom stereocenters. The maximum atomic E-state index is 10.8. The Morgan fingerprint density at radius 1 is 1.58 bits per heavy atom. The zero-order chi connectivity index (χ0) is 9.40. The maximum Gasteiger partial charge on any atom is 0.315 e. The highest BCUT2D eigenvalue weighted by Gasteiger charge is 2.00. The Hall–Kier alpha value is -0.440. The molecular formula is C9H16O2S. The molecule has 70 valence electrons. The SMILES string of the molecule is C=C(C)CCSCC(=O)OCC. The van der Waals surface area contributed by atoms with Crippen LogP contribution in [0, 0.1) is 0 Å². The first-order chi connectivity index (χ1) is 5.66. The first-order valence-corrected chi connectivity index (χ1v) is 5.20. The molecule has 0 bridgehead atoms. The Labute approximate surface area is 78.4 Å². The molecule has 0 atom stereocenters. The topological polar surface area (TPSA) is 26.3 Å². The number of carbonyl (C=O) groups is 1. The largest absolute Gasteiger partial charge is 0.465 e. The lowest BCUT2D eigenvalue weighted by Gasteiger charge is -2.01. The van der Waals surface area contributed by atoms with Gasteiger partial charge in [-0.1, -0.05) is 5.57 Å². The Morgan fingerprint density at radius 2 is 2.25 bits per heavy atom. The van der Waals surface area contributed by atoms with Crippen LogP contribution in [0.3, 0.4) is 0 Å². The predicted molar refractivity (Wildman–Crippen MR) is 53.4 cm³/mol. The lowest BCUT2D eigenvalue weighted by Crippen LogP contribution is -2.06. The van der Waals surface area contributed by atoms with Gasteiger partial charge in [-0.15, -0.1) is 18.3 Å². The summed E-state index contributed by atoms with van der Waals surface area (Å²) in [4.78, 5) is 10.8. The number of thioether (sulfide) groups is 1. The number of ether oxygens (including phenoxy) is 1. The van der Waals surface area contributed by atoms with Crippen LogP contribution >= 0.6 is 11.8 Å². The van der Waals surface area contributed by atoms with Gasteiger partial charge >= 0.3 is 5.97 Å². The normalized spacial score (nSPS) is 9.50. The van der Waals surface area contributed by atoms with Gasteiger partial charge in [-0.3, -0.25) is 4.79 Å². The van der Waals surface area contributed by atoms with Gasteiger partial charge in [0.25, 0.3) is 0 Å². The van der Waals surface area contributed by atoms with E-state index in [9.17, 15) is 4.79 Å². The van der Waals surface area contributed by atoms with Crippen molar-refractivity contribution in [3.8, 4) is 0 Å². The van der Waals surface area contributed by atoms with Crippen molar-refractivity contribution in [1.82, 2.24) is 0 Å². The summed E-state index contributed by atoms with van der Waals surface area (Å²) < 4.78 is 4.77. The van der Waals surface area contributed by atoms with E-state index in [-0.39, 0.29) is 5.97 Å². The second-order valence-corrected chi connectivity index (χ2v) is 3.67. The molecule has 0 saturated carbocycles. The second-order valence-electron chi connectivity index (χ2n) is 2.56. The molecule has 0 aliphatic heterocycles. The van der Waals surface area contributed by atoms with Crippen LogP contribution in [0.15, 0.2) is 12.2 Å². The molecule has 0 radical (unpaired) electrons. The number of hydrogen-bond acceptors (Lipinski definition) is 3. The van der Waals surface area contributed by atoms with E-state index < -0.39 is 0 Å². The van der Waals surface area contributed by atoms with Crippen LogP contribution in [0.1, 0.15) is 20.3 Å². The van der Waals surface area contributed by atoms with Gasteiger partial charge < -0.3 is 4.74 Å². The van der Waals surface area contributed by atoms with Crippen LogP contribution in [0.2, 0.25) is 0 Å². The minimum atomic E-state index is -0.121. The highest BCUT2D eigenvalue weighted by atomic mass is 32.2. The molecule has 0 aliphatic carbocycles. The van der Waals surface area contributed by atoms with Gasteiger partial charge in [-0.25, -0.2) is 0 Å². The second kappa shape index (κ2) is 7.22. The Balaban J connectivity index is 3.19. The first kappa shape index (κ1) is 11.6. The summed E-state index contributed by atoms with van der Waals surface area (Å²) in [5, 5.41) is 0. The average Bonchev–Trinajstić information content (AvgIpc) is 1.98. The van der Waals surface area contributed by atoms with Gasteiger partial charge in [-0.05, 0) is 26.0 Å². The van der Waals surface area contributed by atoms with E-state index in [4.69, 9.17) is 4.74 Å². The molecular weight excluding hydrogens is 172 g/mol. The molecule has 0 saturated heterocycles. The summed E-state index contributed by atoms with van der Waals surface area (Å²) >= 11 is 1.59. The zero-order valence-corrected chi connectivity index (χ0v) is 8.58. The molecule has 2 nitrogen and oxygen atoms in total. The van der Waals surface area contributed by atoms with Crippen molar-refractivity contribution in [2.24, 2.45) is 0 Å². The lowest BCUT2D eigenvalue weighted by molar-refractivity contribution is -0.139. The van der Waals surface area contributed by atoms with Crippen molar-refractivity contribution in [2.45, 2.75) is 20.3 Å². The van der Waals surface area contributed by atoms with Gasteiger partial charge in [0.15, 0.2) is 0 Å². The van der Waals surface area contributed by atoms with Crippen LogP contribution in [0.4, 0.5) is 0 Å². The highest BCUT2D eigenvalue weighted by Crippen LogP contribution is 2.07. The number of esters is 1. The van der Waals surface area contributed by atoms with Crippen LogP contribution in [0.5, 0.6) is 0 Å². The molecule has 0 aromatic heterocycles. The molecule has 0 aromatic carbocycles. The number of carbonyl (C=O) groups excluding carboxylic acids is 1. The quantitative estimate of drug-likeness (QED) is 0.363. The monoisotopic (exact) mass is 188 g/mol. The summed E-state index contributed by atoms with van der Waals surface area (Å²) in [7, 11) is 0. The van der Waals surface area contributed by atoms with E-state index >= 15 is 0 Å². The average molecular weight is 188 g/mol. The van der Waals surface area contributed by atoms with Gasteiger partial charge in [0.2, 0.25) is 0 Å². The van der Waals surface area contributed by atoms with E-state index in [1.165, 1.54) is 0 Å². The van der Waals surface area contributed by atoms with Crippen LogP contribution in [-0.4, -0.2) is 24.1 Å². The van der Waals surface area contributed by atoms with Crippen molar-refractivity contribution in [2.75, 3.05) is 18.1 Å². The number of allylic oxidation sites excluding steroid dienone is 1. The van der Waals surface area contributed by atoms with Gasteiger partial charge in [-0.2, -0.15) is 0 Å². The first-order valence-electron chi connectivity index (χ1n) is 4.04. The lowest BCUT2D eigenvalue weighted by atomic mass is 10.3. The van der Waals surface area contributed by atoms with Crippen molar-refractivity contribution in [3.05, 3.63) is 12.2 Å². The molecule has 0 amide bonds. The third-order valence-corrected chi connectivity index (χ3v) is 2.13. The standard InChI is InChI=1S/C9H16O2S/c1-4-11-9(10)7-12-6-5-8(2)3/h2,4-7H2,1,3H3. The van der Waals surface area contributed by atoms with Crippen molar-refractivity contribution in [3.63, 3.8) is 0 Å². The molecule has 3 heteroatoms. The Morgan fingerprint density at radius 3 is 2.75 bits per heavy atom. The van der Waals surface area contributed by atoms with E-state index in [1.54, 1.807) is 11.8 Å². The molecule has 0 fully saturated rings. The number of hydrogen-bond donors (Lipinski definition) is 0. The van der Waals surface area contributed by atoms with E-state index in [0.717, 1.165) is 17.7 Å². The molecule has 0 rings (SSSR count). The summed E-state index contributed by atoms with van der Waals surface area (Å²) in [6.07, 6.45) is 0.976. The van der Waals surface area contributed by atoms with Gasteiger partial charge in [0, 0.05) is 0 Å². The summed E-state index contributed by atoms with van der Waals surface area (Å²) in [6, 6.07) is 0. The van der Waals surface area contributed by atoms with Gasteiger partial charge in [0.05, 0.1) is 12.4 Å². The predicted octanol–water partition coefficient (Wildman–Crippen LogP) is 2.25. The Bertz CT molecular complexity index is 155. The number of rotatable bonds is 6. The van der Waals surface area contributed by atoms with E-state index in [0.29, 0.717) is 12.4 Å². The fraction of sp³-hybridized carbons (Fsp3) is 0.667. The van der Waals surface area contributed by atoms with Crippen LogP contribution < -0.4 is 0 Å². The maximum absolute atomic E-state index is 10.8.